The Labute approximate surface area is 179 Å². The van der Waals surface area contributed by atoms with Crippen molar-refractivity contribution in [3.8, 4) is 0 Å². The number of carboxylic acids is 1. The second-order valence-electron chi connectivity index (χ2n) is 11.4. The van der Waals surface area contributed by atoms with Gasteiger partial charge in [0, 0.05) is 6.42 Å². The number of aliphatic carboxylic acids is 1. The minimum Gasteiger partial charge on any atom is -0.481 e. The molecule has 6 heteroatoms. The van der Waals surface area contributed by atoms with E-state index >= 15 is 0 Å². The van der Waals surface area contributed by atoms with Crippen LogP contribution in [0.25, 0.3) is 0 Å². The lowest BCUT2D eigenvalue weighted by atomic mass is 9.43. The van der Waals surface area contributed by atoms with E-state index < -0.39 is 30.4 Å². The number of hydrogen-bond donors (Lipinski definition) is 5. The Morgan fingerprint density at radius 2 is 1.77 bits per heavy atom. The van der Waals surface area contributed by atoms with Crippen LogP contribution in [0.4, 0.5) is 0 Å². The molecule has 4 fully saturated rings. The summed E-state index contributed by atoms with van der Waals surface area (Å²) in [6, 6.07) is 0. The van der Waals surface area contributed by atoms with Crippen LogP contribution in [-0.4, -0.2) is 55.9 Å². The van der Waals surface area contributed by atoms with Crippen molar-refractivity contribution in [1.82, 2.24) is 0 Å². The molecule has 11 atom stereocenters. The summed E-state index contributed by atoms with van der Waals surface area (Å²) in [4.78, 5) is 10.8. The highest BCUT2D eigenvalue weighted by molar-refractivity contribution is 5.66. The maximum absolute atomic E-state index is 11.2. The Hall–Kier alpha value is -0.690. The van der Waals surface area contributed by atoms with Crippen LogP contribution < -0.4 is 0 Å². The van der Waals surface area contributed by atoms with Gasteiger partial charge in [-0.1, -0.05) is 13.8 Å². The Balaban J connectivity index is 1.54. The van der Waals surface area contributed by atoms with Crippen LogP contribution in [0.2, 0.25) is 0 Å². The molecule has 0 aliphatic heterocycles. The van der Waals surface area contributed by atoms with Crippen LogP contribution in [0.1, 0.15) is 78.1 Å². The normalized spacial score (nSPS) is 51.5. The molecule has 6 unspecified atom stereocenters. The predicted octanol–water partition coefficient (Wildman–Crippen LogP) is 2.56. The molecular formula is C24H40O6. The van der Waals surface area contributed by atoms with Crippen LogP contribution >= 0.6 is 0 Å². The Morgan fingerprint density at radius 1 is 1.03 bits per heavy atom. The molecule has 0 heterocycles. The Morgan fingerprint density at radius 3 is 2.47 bits per heavy atom. The number of aliphatic hydroxyl groups is 4. The summed E-state index contributed by atoms with van der Waals surface area (Å²) in [5.41, 5.74) is -0.310. The van der Waals surface area contributed by atoms with Crippen LogP contribution in [0, 0.1) is 40.4 Å². The van der Waals surface area contributed by atoms with Gasteiger partial charge in [-0.25, -0.2) is 0 Å². The molecule has 4 aliphatic carbocycles. The van der Waals surface area contributed by atoms with Gasteiger partial charge in [-0.2, -0.15) is 0 Å². The third-order valence-corrected chi connectivity index (χ3v) is 10.2. The molecule has 172 valence electrons. The molecule has 0 aromatic heterocycles. The van der Waals surface area contributed by atoms with Crippen LogP contribution in [-0.2, 0) is 4.79 Å². The van der Waals surface area contributed by atoms with E-state index in [2.05, 4.69) is 13.8 Å². The van der Waals surface area contributed by atoms with E-state index in [-0.39, 0.29) is 40.9 Å². The fourth-order valence-corrected chi connectivity index (χ4v) is 8.60. The number of carbonyl (C=O) groups is 1. The standard InChI is InChI=1S/C24H40O6/c1-23-9-8-17-22(16(23)7-6-15(23)18(26)4-3-5-21(29)30)19(27)11-13-10-14(25)12-20(28)24(13,17)2/h13-20,22,25-28H,3-12H2,1-2H3,(H,29,30)/t13?,14-,15?,16?,17?,18+,19?,20+,22?,23+,24-/m0/s1. The van der Waals surface area contributed by atoms with Gasteiger partial charge in [0.1, 0.15) is 0 Å². The topological polar surface area (TPSA) is 118 Å². The number of carboxylic acid groups (broad SMARTS) is 1. The van der Waals surface area contributed by atoms with Crippen LogP contribution in [0.3, 0.4) is 0 Å². The van der Waals surface area contributed by atoms with E-state index in [1.165, 1.54) is 0 Å². The Bertz CT molecular complexity index is 654. The van der Waals surface area contributed by atoms with Crippen molar-refractivity contribution in [1.29, 1.82) is 0 Å². The third kappa shape index (κ3) is 3.42. The van der Waals surface area contributed by atoms with Gasteiger partial charge < -0.3 is 25.5 Å². The first-order valence-corrected chi connectivity index (χ1v) is 12.0. The second-order valence-corrected chi connectivity index (χ2v) is 11.4. The minimum absolute atomic E-state index is 0.0485. The van der Waals surface area contributed by atoms with Crippen LogP contribution in [0.5, 0.6) is 0 Å². The molecule has 30 heavy (non-hydrogen) atoms. The summed E-state index contributed by atoms with van der Waals surface area (Å²) < 4.78 is 0. The van der Waals surface area contributed by atoms with Crippen molar-refractivity contribution >= 4 is 5.97 Å². The van der Waals surface area contributed by atoms with Crippen molar-refractivity contribution in [3.05, 3.63) is 0 Å². The second kappa shape index (κ2) is 8.02. The third-order valence-electron chi connectivity index (χ3n) is 10.2. The van der Waals surface area contributed by atoms with Crippen molar-refractivity contribution in [2.75, 3.05) is 0 Å². The number of aliphatic hydroxyl groups excluding tert-OH is 4. The summed E-state index contributed by atoms with van der Waals surface area (Å²) in [6.45, 7) is 4.46. The summed E-state index contributed by atoms with van der Waals surface area (Å²) in [7, 11) is 0. The Kier molecular flexibility index (Phi) is 6.02. The summed E-state index contributed by atoms with van der Waals surface area (Å²) in [5.74, 6) is 0.175. The molecule has 0 bridgehead atoms. The van der Waals surface area contributed by atoms with E-state index in [9.17, 15) is 25.2 Å². The molecule has 0 amide bonds. The van der Waals surface area contributed by atoms with Crippen molar-refractivity contribution in [3.63, 3.8) is 0 Å². The first kappa shape index (κ1) is 22.5. The largest absolute Gasteiger partial charge is 0.481 e. The smallest absolute Gasteiger partial charge is 0.303 e. The summed E-state index contributed by atoms with van der Waals surface area (Å²) in [5, 5.41) is 52.3. The maximum Gasteiger partial charge on any atom is 0.303 e. The molecular weight excluding hydrogens is 384 g/mol. The molecule has 4 rings (SSSR count). The fraction of sp³-hybridized carbons (Fsp3) is 0.958. The highest BCUT2D eigenvalue weighted by Crippen LogP contribution is 2.67. The van der Waals surface area contributed by atoms with Gasteiger partial charge in [0.25, 0.3) is 0 Å². The molecule has 6 nitrogen and oxygen atoms in total. The molecule has 0 radical (unpaired) electrons. The molecule has 0 aromatic carbocycles. The molecule has 0 aromatic rings. The lowest BCUT2D eigenvalue weighted by Gasteiger charge is -2.63. The summed E-state index contributed by atoms with van der Waals surface area (Å²) >= 11 is 0. The number of fused-ring (bicyclic) bond motifs is 5. The van der Waals surface area contributed by atoms with E-state index in [0.717, 1.165) is 25.7 Å². The maximum atomic E-state index is 11.2. The first-order chi connectivity index (χ1) is 14.1. The molecule has 0 saturated heterocycles. The van der Waals surface area contributed by atoms with E-state index in [1.807, 2.05) is 0 Å². The van der Waals surface area contributed by atoms with Gasteiger partial charge in [-0.3, -0.25) is 4.79 Å². The van der Waals surface area contributed by atoms with Gasteiger partial charge >= 0.3 is 5.97 Å². The van der Waals surface area contributed by atoms with E-state index in [0.29, 0.717) is 38.0 Å². The van der Waals surface area contributed by atoms with Crippen molar-refractivity contribution in [2.45, 2.75) is 102 Å². The van der Waals surface area contributed by atoms with Crippen LogP contribution in [0.15, 0.2) is 0 Å². The minimum atomic E-state index is -0.817. The predicted molar refractivity (Wildman–Crippen MR) is 111 cm³/mol. The number of rotatable bonds is 5. The SMILES string of the molecule is C[C@]12CCC3C(C(O)CC4C[C@H](O)C[C@@H](O)[C@@]43C)C1CCC2[C@H](O)CCCC(=O)O. The zero-order chi connectivity index (χ0) is 21.8. The van der Waals surface area contributed by atoms with E-state index in [1.54, 1.807) is 0 Å². The van der Waals surface area contributed by atoms with E-state index in [4.69, 9.17) is 5.11 Å². The highest BCUT2D eigenvalue weighted by atomic mass is 16.4. The molecule has 0 spiro atoms. The molecule has 4 saturated carbocycles. The van der Waals surface area contributed by atoms with Gasteiger partial charge in [-0.05, 0) is 98.2 Å². The average Bonchev–Trinajstić information content (AvgIpc) is 3.01. The lowest BCUT2D eigenvalue weighted by Crippen LogP contribution is -2.63. The monoisotopic (exact) mass is 424 g/mol. The highest BCUT2D eigenvalue weighted by Gasteiger charge is 2.64. The van der Waals surface area contributed by atoms with Gasteiger partial charge in [-0.15, -0.1) is 0 Å². The fourth-order valence-electron chi connectivity index (χ4n) is 8.60. The van der Waals surface area contributed by atoms with Gasteiger partial charge in [0.05, 0.1) is 24.4 Å². The lowest BCUT2D eigenvalue weighted by molar-refractivity contribution is -0.213. The molecule has 4 aliphatic rings. The summed E-state index contributed by atoms with van der Waals surface area (Å²) in [6.07, 6.45) is 4.75. The quantitative estimate of drug-likeness (QED) is 0.463. The molecule has 5 N–H and O–H groups in total. The first-order valence-electron chi connectivity index (χ1n) is 12.0. The average molecular weight is 425 g/mol. The van der Waals surface area contributed by atoms with Crippen molar-refractivity contribution in [2.24, 2.45) is 40.4 Å². The number of hydrogen-bond acceptors (Lipinski definition) is 5. The zero-order valence-corrected chi connectivity index (χ0v) is 18.4. The van der Waals surface area contributed by atoms with Gasteiger partial charge in [0.2, 0.25) is 0 Å². The van der Waals surface area contributed by atoms with Crippen molar-refractivity contribution < 1.29 is 30.3 Å². The van der Waals surface area contributed by atoms with Gasteiger partial charge in [0.15, 0.2) is 0 Å². The zero-order valence-electron chi connectivity index (χ0n) is 18.4.